The van der Waals surface area contributed by atoms with E-state index in [1.807, 2.05) is 6.07 Å². The Morgan fingerprint density at radius 2 is 1.97 bits per heavy atom. The van der Waals surface area contributed by atoms with Crippen molar-refractivity contribution in [3.05, 3.63) is 46.5 Å². The molecule has 0 spiro atoms. The Morgan fingerprint density at radius 3 is 2.61 bits per heavy atom. The third kappa shape index (κ3) is 4.52. The number of tetrazole rings is 1. The lowest BCUT2D eigenvalue weighted by Gasteiger charge is -2.17. The first-order chi connectivity index (χ1) is 17.0. The molecule has 3 aromatic rings. The Hall–Kier alpha value is -3.21. The summed E-state index contributed by atoms with van der Waals surface area (Å²) in [5, 5.41) is 12.0. The van der Waals surface area contributed by atoms with Gasteiger partial charge in [-0.1, -0.05) is 11.6 Å². The Bertz CT molecular complexity index is 1380. The van der Waals surface area contributed by atoms with E-state index >= 15 is 0 Å². The third-order valence-corrected chi connectivity index (χ3v) is 7.16. The molecule has 0 bridgehead atoms. The molecule has 1 unspecified atom stereocenters. The number of aromatic nitrogens is 5. The van der Waals surface area contributed by atoms with Crippen molar-refractivity contribution < 1.29 is 27.2 Å². The molecule has 1 atom stereocenters. The molecule has 36 heavy (non-hydrogen) atoms. The van der Waals surface area contributed by atoms with Crippen molar-refractivity contribution in [3.63, 3.8) is 0 Å². The van der Waals surface area contributed by atoms with Gasteiger partial charge in [-0.15, -0.1) is 10.2 Å². The van der Waals surface area contributed by atoms with E-state index in [1.54, 1.807) is 19.3 Å². The standard InChI is InChI=1S/C24H20ClF4N5O2/c1-34-32-22(31-33-34)20-16(8-15(25)9-17(20)26)14-6-12-2-3-13(21(12)30-11-14)7-18(35)23(4-5-23)10-19(36)24(27,28)29/h6,8-9,11,13H,2-5,7,10H2,1H3. The molecule has 0 radical (unpaired) electrons. The summed E-state index contributed by atoms with van der Waals surface area (Å²) >= 11 is 6.12. The summed E-state index contributed by atoms with van der Waals surface area (Å²) in [6.45, 7) is 0. The lowest BCUT2D eigenvalue weighted by molar-refractivity contribution is -0.172. The van der Waals surface area contributed by atoms with E-state index < -0.39 is 29.6 Å². The van der Waals surface area contributed by atoms with Gasteiger partial charge in [-0.3, -0.25) is 14.6 Å². The van der Waals surface area contributed by atoms with Gasteiger partial charge in [-0.25, -0.2) is 4.39 Å². The highest BCUT2D eigenvalue weighted by atomic mass is 35.5. The van der Waals surface area contributed by atoms with E-state index in [2.05, 4.69) is 20.4 Å². The van der Waals surface area contributed by atoms with E-state index in [4.69, 9.17) is 11.6 Å². The Labute approximate surface area is 207 Å². The fourth-order valence-electron chi connectivity index (χ4n) is 4.87. The van der Waals surface area contributed by atoms with Crippen LogP contribution in [0.4, 0.5) is 17.6 Å². The molecule has 2 aromatic heterocycles. The third-order valence-electron chi connectivity index (χ3n) is 6.94. The predicted octanol–water partition coefficient (Wildman–Crippen LogP) is 5.02. The number of carbonyl (C=O) groups is 2. The molecule has 1 saturated carbocycles. The van der Waals surface area contributed by atoms with Gasteiger partial charge in [-0.2, -0.15) is 18.0 Å². The van der Waals surface area contributed by atoms with Gasteiger partial charge < -0.3 is 0 Å². The molecule has 0 N–H and O–H groups in total. The number of halogens is 5. The van der Waals surface area contributed by atoms with Crippen molar-refractivity contribution in [2.75, 3.05) is 0 Å². The zero-order chi connectivity index (χ0) is 25.8. The average molecular weight is 522 g/mol. The average Bonchev–Trinajstić information content (AvgIpc) is 3.29. The summed E-state index contributed by atoms with van der Waals surface area (Å²) < 4.78 is 53.1. The number of hydrogen-bond acceptors (Lipinski definition) is 6. The van der Waals surface area contributed by atoms with Crippen LogP contribution in [-0.4, -0.2) is 42.9 Å². The molecule has 1 aromatic carbocycles. The van der Waals surface area contributed by atoms with Crippen LogP contribution in [0.25, 0.3) is 22.5 Å². The lowest BCUT2D eigenvalue weighted by atomic mass is 9.87. The number of pyridine rings is 1. The van der Waals surface area contributed by atoms with Crippen molar-refractivity contribution in [2.45, 2.75) is 50.6 Å². The first-order valence-corrected chi connectivity index (χ1v) is 11.7. The number of alkyl halides is 3. The summed E-state index contributed by atoms with van der Waals surface area (Å²) in [5.41, 5.74) is 1.49. The lowest BCUT2D eigenvalue weighted by Crippen LogP contribution is -2.29. The molecule has 1 fully saturated rings. The number of fused-ring (bicyclic) bond motifs is 1. The molecule has 0 amide bonds. The van der Waals surface area contributed by atoms with Crippen LogP contribution in [0.3, 0.4) is 0 Å². The van der Waals surface area contributed by atoms with Crippen LogP contribution in [0.1, 0.15) is 49.3 Å². The van der Waals surface area contributed by atoms with Crippen LogP contribution in [0.2, 0.25) is 5.02 Å². The number of hydrogen-bond donors (Lipinski definition) is 0. The van der Waals surface area contributed by atoms with Crippen LogP contribution >= 0.6 is 11.6 Å². The molecule has 0 aliphatic heterocycles. The minimum Gasteiger partial charge on any atom is -0.299 e. The molecule has 2 aliphatic rings. The van der Waals surface area contributed by atoms with E-state index in [1.165, 1.54) is 4.80 Å². The van der Waals surface area contributed by atoms with E-state index in [0.717, 1.165) is 11.6 Å². The fraction of sp³-hybridized carbons (Fsp3) is 0.417. The summed E-state index contributed by atoms with van der Waals surface area (Å²) in [4.78, 5) is 30.1. The maximum Gasteiger partial charge on any atom is 0.450 e. The molecule has 5 rings (SSSR count). The van der Waals surface area contributed by atoms with Gasteiger partial charge >= 0.3 is 6.18 Å². The van der Waals surface area contributed by atoms with Crippen LogP contribution < -0.4 is 0 Å². The molecule has 12 heteroatoms. The van der Waals surface area contributed by atoms with Crippen LogP contribution in [0.15, 0.2) is 24.4 Å². The summed E-state index contributed by atoms with van der Waals surface area (Å²) in [6.07, 6.45) is -2.36. The van der Waals surface area contributed by atoms with Crippen molar-refractivity contribution in [1.29, 1.82) is 0 Å². The van der Waals surface area contributed by atoms with Crippen molar-refractivity contribution in [1.82, 2.24) is 25.2 Å². The minimum absolute atomic E-state index is 0.0328. The maximum atomic E-state index is 14.9. The largest absolute Gasteiger partial charge is 0.450 e. The number of aryl methyl sites for hydroxylation is 2. The van der Waals surface area contributed by atoms with E-state index in [-0.39, 0.29) is 34.5 Å². The Morgan fingerprint density at radius 1 is 1.22 bits per heavy atom. The number of ketones is 2. The highest BCUT2D eigenvalue weighted by Gasteiger charge is 2.54. The normalized spacial score (nSPS) is 18.2. The topological polar surface area (TPSA) is 90.6 Å². The molecule has 7 nitrogen and oxygen atoms in total. The number of nitrogens with zero attached hydrogens (tertiary/aromatic N) is 5. The smallest absolute Gasteiger partial charge is 0.299 e. The molecule has 0 saturated heterocycles. The first-order valence-electron chi connectivity index (χ1n) is 11.3. The predicted molar refractivity (Wildman–Crippen MR) is 120 cm³/mol. The van der Waals surface area contributed by atoms with Gasteiger partial charge in [-0.05, 0) is 60.2 Å². The minimum atomic E-state index is -4.94. The molecule has 188 valence electrons. The van der Waals surface area contributed by atoms with Crippen LogP contribution in [-0.2, 0) is 23.1 Å². The van der Waals surface area contributed by atoms with E-state index in [9.17, 15) is 27.2 Å². The van der Waals surface area contributed by atoms with Gasteiger partial charge in [0, 0.05) is 46.7 Å². The summed E-state index contributed by atoms with van der Waals surface area (Å²) in [6, 6.07) is 4.60. The number of Topliss-reactive ketones (excluding diaryl/α,β-unsaturated/α-hetero) is 2. The number of carbonyl (C=O) groups excluding carboxylic acids is 2. The zero-order valence-corrected chi connectivity index (χ0v) is 19.8. The Kier molecular flexibility index (Phi) is 5.93. The summed E-state index contributed by atoms with van der Waals surface area (Å²) in [7, 11) is 1.56. The quantitative estimate of drug-likeness (QED) is 0.405. The fourth-order valence-corrected chi connectivity index (χ4v) is 5.07. The Balaban J connectivity index is 1.40. The van der Waals surface area contributed by atoms with Crippen molar-refractivity contribution in [2.24, 2.45) is 12.5 Å². The second kappa shape index (κ2) is 8.72. The first kappa shape index (κ1) is 24.5. The zero-order valence-electron chi connectivity index (χ0n) is 19.1. The van der Waals surface area contributed by atoms with Crippen molar-refractivity contribution >= 4 is 23.2 Å². The van der Waals surface area contributed by atoms with Gasteiger partial charge in [0.1, 0.15) is 11.6 Å². The number of rotatable bonds is 7. The van der Waals surface area contributed by atoms with Crippen molar-refractivity contribution in [3.8, 4) is 22.5 Å². The van der Waals surface area contributed by atoms with Crippen LogP contribution in [0, 0.1) is 11.2 Å². The van der Waals surface area contributed by atoms with Gasteiger partial charge in [0.15, 0.2) is 0 Å². The van der Waals surface area contributed by atoms with E-state index in [0.29, 0.717) is 42.5 Å². The van der Waals surface area contributed by atoms with Gasteiger partial charge in [0.2, 0.25) is 11.6 Å². The SMILES string of the molecule is Cn1nnc(-c2c(F)cc(Cl)cc2-c2cnc3c(c2)CCC3CC(=O)C2(CC(=O)C(F)(F)F)CC2)n1. The van der Waals surface area contributed by atoms with Gasteiger partial charge in [0.05, 0.1) is 12.6 Å². The monoisotopic (exact) mass is 521 g/mol. The van der Waals surface area contributed by atoms with Crippen LogP contribution in [0.5, 0.6) is 0 Å². The molecule has 2 heterocycles. The second-order valence-electron chi connectivity index (χ2n) is 9.42. The number of benzene rings is 1. The molecular formula is C24H20ClF4N5O2. The second-order valence-corrected chi connectivity index (χ2v) is 9.86. The maximum absolute atomic E-state index is 14.9. The molecular weight excluding hydrogens is 502 g/mol. The molecule has 2 aliphatic carbocycles. The van der Waals surface area contributed by atoms with Gasteiger partial charge in [0.25, 0.3) is 0 Å². The summed E-state index contributed by atoms with van der Waals surface area (Å²) in [5.74, 6) is -2.95. The highest BCUT2D eigenvalue weighted by molar-refractivity contribution is 6.31. The highest BCUT2D eigenvalue weighted by Crippen LogP contribution is 2.53.